The van der Waals surface area contributed by atoms with E-state index in [-0.39, 0.29) is 12.5 Å². The fourth-order valence-electron chi connectivity index (χ4n) is 3.00. The number of likely N-dealkylation sites (N-methyl/N-ethyl adjacent to an activating group) is 1. The Balaban J connectivity index is 1.62. The van der Waals surface area contributed by atoms with E-state index in [9.17, 15) is 4.79 Å². The lowest BCUT2D eigenvalue weighted by atomic mass is 10.1. The Bertz CT molecular complexity index is 987. The number of nitrogens with zero attached hydrogens (tertiary/aromatic N) is 2. The number of aromatic nitrogens is 1. The van der Waals surface area contributed by atoms with E-state index in [4.69, 9.17) is 9.47 Å². The maximum absolute atomic E-state index is 12.4. The largest absolute Gasteiger partial charge is 0.497 e. The van der Waals surface area contributed by atoms with Crippen molar-refractivity contribution in [3.05, 3.63) is 59.0 Å². The summed E-state index contributed by atoms with van der Waals surface area (Å²) in [5.41, 5.74) is 4.03. The SMILES string of the molecule is COc1ccc(-c2csc(NC(=O)CN(C)Cc3ccccc3C)n2)c(OC)c1. The fraction of sp³-hybridized carbons (Fsp3) is 0.273. The van der Waals surface area contributed by atoms with Crippen LogP contribution in [0.2, 0.25) is 0 Å². The molecule has 0 unspecified atom stereocenters. The van der Waals surface area contributed by atoms with Crippen LogP contribution in [0.15, 0.2) is 47.8 Å². The number of aryl methyl sites for hydroxylation is 1. The van der Waals surface area contributed by atoms with Crippen LogP contribution in [0.1, 0.15) is 11.1 Å². The first-order valence-electron chi connectivity index (χ1n) is 9.21. The quantitative estimate of drug-likeness (QED) is 0.602. The van der Waals surface area contributed by atoms with Gasteiger partial charge in [0.15, 0.2) is 5.13 Å². The lowest BCUT2D eigenvalue weighted by Crippen LogP contribution is -2.30. The zero-order valence-electron chi connectivity index (χ0n) is 17.1. The molecule has 0 saturated carbocycles. The van der Waals surface area contributed by atoms with Crippen molar-refractivity contribution in [1.29, 1.82) is 0 Å². The van der Waals surface area contributed by atoms with Gasteiger partial charge in [-0.3, -0.25) is 9.69 Å². The number of carbonyl (C=O) groups excluding carboxylic acids is 1. The van der Waals surface area contributed by atoms with Gasteiger partial charge in [0.2, 0.25) is 5.91 Å². The molecular weight excluding hydrogens is 386 g/mol. The zero-order valence-corrected chi connectivity index (χ0v) is 17.9. The number of hydrogen-bond acceptors (Lipinski definition) is 6. The maximum Gasteiger partial charge on any atom is 0.240 e. The fourth-order valence-corrected chi connectivity index (χ4v) is 3.73. The molecule has 7 heteroatoms. The molecule has 2 aromatic carbocycles. The van der Waals surface area contributed by atoms with Crippen LogP contribution >= 0.6 is 11.3 Å². The van der Waals surface area contributed by atoms with Crippen LogP contribution in [0.5, 0.6) is 11.5 Å². The predicted molar refractivity (Wildman–Crippen MR) is 117 cm³/mol. The van der Waals surface area contributed by atoms with Gasteiger partial charge in [-0.25, -0.2) is 4.98 Å². The molecule has 0 aliphatic carbocycles. The molecule has 1 amide bonds. The van der Waals surface area contributed by atoms with Gasteiger partial charge < -0.3 is 14.8 Å². The van der Waals surface area contributed by atoms with E-state index >= 15 is 0 Å². The number of thiazole rings is 1. The van der Waals surface area contributed by atoms with Crippen molar-refractivity contribution in [3.63, 3.8) is 0 Å². The van der Waals surface area contributed by atoms with Gasteiger partial charge >= 0.3 is 0 Å². The molecule has 3 rings (SSSR count). The molecule has 0 spiro atoms. The zero-order chi connectivity index (χ0) is 20.8. The second-order valence-electron chi connectivity index (χ2n) is 6.75. The highest BCUT2D eigenvalue weighted by molar-refractivity contribution is 7.14. The molecule has 3 aromatic rings. The molecule has 1 aromatic heterocycles. The van der Waals surface area contributed by atoms with Gasteiger partial charge in [0.05, 0.1) is 26.5 Å². The van der Waals surface area contributed by atoms with Crippen molar-refractivity contribution in [2.24, 2.45) is 0 Å². The molecule has 0 radical (unpaired) electrons. The van der Waals surface area contributed by atoms with Crippen molar-refractivity contribution in [2.45, 2.75) is 13.5 Å². The summed E-state index contributed by atoms with van der Waals surface area (Å²) in [6.45, 7) is 3.08. The van der Waals surface area contributed by atoms with Crippen molar-refractivity contribution in [2.75, 3.05) is 33.1 Å². The smallest absolute Gasteiger partial charge is 0.240 e. The predicted octanol–water partition coefficient (Wildman–Crippen LogP) is 4.21. The summed E-state index contributed by atoms with van der Waals surface area (Å²) < 4.78 is 10.7. The number of methoxy groups -OCH3 is 2. The van der Waals surface area contributed by atoms with Gasteiger partial charge in [0.1, 0.15) is 11.5 Å². The first-order chi connectivity index (χ1) is 14.0. The highest BCUT2D eigenvalue weighted by Crippen LogP contribution is 2.34. The van der Waals surface area contributed by atoms with Crippen LogP contribution in [0, 0.1) is 6.92 Å². The van der Waals surface area contributed by atoms with E-state index in [0.29, 0.717) is 23.2 Å². The first kappa shape index (κ1) is 20.8. The minimum atomic E-state index is -0.0938. The normalized spacial score (nSPS) is 10.8. The summed E-state index contributed by atoms with van der Waals surface area (Å²) in [5.74, 6) is 1.29. The van der Waals surface area contributed by atoms with Crippen molar-refractivity contribution in [1.82, 2.24) is 9.88 Å². The Labute approximate surface area is 175 Å². The third-order valence-corrected chi connectivity index (χ3v) is 5.31. The van der Waals surface area contributed by atoms with Crippen molar-refractivity contribution < 1.29 is 14.3 Å². The number of amides is 1. The molecule has 0 fully saturated rings. The van der Waals surface area contributed by atoms with Crippen LogP contribution in [-0.2, 0) is 11.3 Å². The van der Waals surface area contributed by atoms with Crippen LogP contribution in [-0.4, -0.2) is 43.6 Å². The van der Waals surface area contributed by atoms with Crippen LogP contribution in [0.25, 0.3) is 11.3 Å². The monoisotopic (exact) mass is 411 g/mol. The van der Waals surface area contributed by atoms with E-state index in [1.54, 1.807) is 14.2 Å². The Morgan fingerprint density at radius 3 is 2.69 bits per heavy atom. The molecule has 0 aliphatic heterocycles. The second-order valence-corrected chi connectivity index (χ2v) is 7.61. The lowest BCUT2D eigenvalue weighted by molar-refractivity contribution is -0.117. The Kier molecular flexibility index (Phi) is 6.85. The number of ether oxygens (including phenoxy) is 2. The number of rotatable bonds is 8. The minimum absolute atomic E-state index is 0.0938. The van der Waals surface area contributed by atoms with Crippen LogP contribution in [0.3, 0.4) is 0 Å². The number of hydrogen-bond donors (Lipinski definition) is 1. The van der Waals surface area contributed by atoms with Crippen molar-refractivity contribution in [3.8, 4) is 22.8 Å². The summed E-state index contributed by atoms with van der Waals surface area (Å²) in [6.07, 6.45) is 0. The Morgan fingerprint density at radius 1 is 1.17 bits per heavy atom. The molecular formula is C22H25N3O3S. The van der Waals surface area contributed by atoms with Gasteiger partial charge in [-0.05, 0) is 37.2 Å². The van der Waals surface area contributed by atoms with E-state index < -0.39 is 0 Å². The first-order valence-corrected chi connectivity index (χ1v) is 10.1. The van der Waals surface area contributed by atoms with E-state index in [1.165, 1.54) is 22.5 Å². The molecule has 0 saturated heterocycles. The second kappa shape index (κ2) is 9.54. The van der Waals surface area contributed by atoms with Gasteiger partial charge in [-0.15, -0.1) is 11.3 Å². The van der Waals surface area contributed by atoms with Crippen LogP contribution in [0.4, 0.5) is 5.13 Å². The van der Waals surface area contributed by atoms with Crippen molar-refractivity contribution >= 4 is 22.4 Å². The summed E-state index contributed by atoms with van der Waals surface area (Å²) in [5, 5.41) is 5.35. The summed E-state index contributed by atoms with van der Waals surface area (Å²) in [7, 11) is 5.15. The van der Waals surface area contributed by atoms with E-state index in [2.05, 4.69) is 29.4 Å². The Morgan fingerprint density at radius 2 is 1.97 bits per heavy atom. The maximum atomic E-state index is 12.4. The summed E-state index contributed by atoms with van der Waals surface area (Å²) in [4.78, 5) is 18.9. The third kappa shape index (κ3) is 5.34. The molecule has 1 heterocycles. The molecule has 6 nitrogen and oxygen atoms in total. The van der Waals surface area contributed by atoms with E-state index in [0.717, 1.165) is 11.3 Å². The number of anilines is 1. The number of carbonyl (C=O) groups is 1. The molecule has 0 atom stereocenters. The highest BCUT2D eigenvalue weighted by Gasteiger charge is 2.14. The third-order valence-electron chi connectivity index (χ3n) is 4.55. The van der Waals surface area contributed by atoms with Crippen LogP contribution < -0.4 is 14.8 Å². The van der Waals surface area contributed by atoms with Gasteiger partial charge in [-0.1, -0.05) is 24.3 Å². The average Bonchev–Trinajstić information content (AvgIpc) is 3.17. The molecule has 0 aliphatic rings. The van der Waals surface area contributed by atoms with E-state index in [1.807, 2.05) is 47.7 Å². The molecule has 152 valence electrons. The molecule has 1 N–H and O–H groups in total. The Hall–Kier alpha value is -2.90. The molecule has 0 bridgehead atoms. The van der Waals surface area contributed by atoms with Gasteiger partial charge in [0, 0.05) is 23.6 Å². The molecule has 29 heavy (non-hydrogen) atoms. The average molecular weight is 412 g/mol. The number of benzene rings is 2. The van der Waals surface area contributed by atoms with Gasteiger partial charge in [-0.2, -0.15) is 0 Å². The topological polar surface area (TPSA) is 63.7 Å². The minimum Gasteiger partial charge on any atom is -0.497 e. The standard InChI is InChI=1S/C22H25N3O3S/c1-15-7-5-6-8-16(15)12-25(2)13-21(26)24-22-23-19(14-29-22)18-10-9-17(27-3)11-20(18)28-4/h5-11,14H,12-13H2,1-4H3,(H,23,24,26). The highest BCUT2D eigenvalue weighted by atomic mass is 32.1. The van der Waals surface area contributed by atoms with Gasteiger partial charge in [0.25, 0.3) is 0 Å². The number of nitrogens with one attached hydrogen (secondary N) is 1. The summed E-state index contributed by atoms with van der Waals surface area (Å²) >= 11 is 1.39. The summed E-state index contributed by atoms with van der Waals surface area (Å²) in [6, 6.07) is 13.8. The lowest BCUT2D eigenvalue weighted by Gasteiger charge is -2.17.